The van der Waals surface area contributed by atoms with E-state index in [9.17, 15) is 4.39 Å². The van der Waals surface area contributed by atoms with Crippen LogP contribution in [0.15, 0.2) is 67.1 Å². The molecule has 5 rings (SSSR count). The molecule has 3 heterocycles. The second-order valence-corrected chi connectivity index (χ2v) is 6.47. The Bertz CT molecular complexity index is 1360. The number of rotatable bonds is 2. The topological polar surface area (TPSA) is 95.1 Å². The zero-order valence-electron chi connectivity index (χ0n) is 14.7. The van der Waals surface area contributed by atoms with Crippen LogP contribution in [0.3, 0.4) is 0 Å². The van der Waals surface area contributed by atoms with E-state index in [1.165, 1.54) is 6.07 Å². The maximum atomic E-state index is 14.6. The highest BCUT2D eigenvalue weighted by Crippen LogP contribution is 2.35. The normalized spacial score (nSPS) is 11.3. The van der Waals surface area contributed by atoms with E-state index in [1.807, 2.05) is 28.7 Å². The molecular weight excluding hydrogens is 355 g/mol. The van der Waals surface area contributed by atoms with E-state index in [0.717, 1.165) is 16.5 Å². The minimum Gasteiger partial charge on any atom is -0.397 e. The summed E-state index contributed by atoms with van der Waals surface area (Å²) in [7, 11) is 0. The first kappa shape index (κ1) is 16.2. The Morgan fingerprint density at radius 2 is 1.82 bits per heavy atom. The number of benzene rings is 2. The summed E-state index contributed by atoms with van der Waals surface area (Å²) in [5.41, 5.74) is 16.2. The van der Waals surface area contributed by atoms with Crippen LogP contribution in [0, 0.1) is 5.82 Å². The third-order valence-corrected chi connectivity index (χ3v) is 4.67. The third-order valence-electron chi connectivity index (χ3n) is 4.67. The molecule has 0 aliphatic heterocycles. The lowest BCUT2D eigenvalue weighted by atomic mass is 10.0. The zero-order valence-corrected chi connectivity index (χ0v) is 14.7. The Morgan fingerprint density at radius 3 is 2.68 bits per heavy atom. The Kier molecular flexibility index (Phi) is 3.48. The van der Waals surface area contributed by atoms with Crippen LogP contribution in [-0.2, 0) is 0 Å². The summed E-state index contributed by atoms with van der Waals surface area (Å²) in [5, 5.41) is 0.877. The molecule has 6 nitrogen and oxygen atoms in total. The van der Waals surface area contributed by atoms with E-state index >= 15 is 0 Å². The van der Waals surface area contributed by atoms with Crippen molar-refractivity contribution in [1.29, 1.82) is 0 Å². The molecule has 0 amide bonds. The van der Waals surface area contributed by atoms with Gasteiger partial charge in [-0.1, -0.05) is 18.2 Å². The molecule has 28 heavy (non-hydrogen) atoms. The molecule has 0 fully saturated rings. The highest BCUT2D eigenvalue weighted by molar-refractivity contribution is 5.90. The Labute approximate surface area is 159 Å². The predicted molar refractivity (Wildman–Crippen MR) is 108 cm³/mol. The minimum absolute atomic E-state index is 0.235. The van der Waals surface area contributed by atoms with Gasteiger partial charge in [0.2, 0.25) is 0 Å². The number of imidazole rings is 1. The molecule has 0 aliphatic carbocycles. The average molecular weight is 370 g/mol. The highest BCUT2D eigenvalue weighted by Gasteiger charge is 2.19. The molecule has 0 saturated heterocycles. The van der Waals surface area contributed by atoms with Crippen molar-refractivity contribution in [3.05, 3.63) is 72.9 Å². The molecular formula is C21H15FN6. The molecule has 3 aromatic heterocycles. The van der Waals surface area contributed by atoms with Gasteiger partial charge in [0.05, 0.1) is 23.1 Å². The van der Waals surface area contributed by atoms with Gasteiger partial charge in [-0.2, -0.15) is 0 Å². The van der Waals surface area contributed by atoms with Crippen LogP contribution in [0.25, 0.3) is 39.1 Å². The molecule has 0 spiro atoms. The second-order valence-electron chi connectivity index (χ2n) is 6.47. The SMILES string of the molecule is Nc1cnc2ccc(-c3c(-c4ccccc4F)nc(N)c4nccn34)cc2c1. The van der Waals surface area contributed by atoms with Crippen LogP contribution in [0.2, 0.25) is 0 Å². The summed E-state index contributed by atoms with van der Waals surface area (Å²) in [6.07, 6.45) is 5.04. The van der Waals surface area contributed by atoms with Crippen molar-refractivity contribution in [2.24, 2.45) is 0 Å². The summed E-state index contributed by atoms with van der Waals surface area (Å²) >= 11 is 0. The molecule has 0 bridgehead atoms. The van der Waals surface area contributed by atoms with Gasteiger partial charge >= 0.3 is 0 Å². The van der Waals surface area contributed by atoms with Crippen LogP contribution in [0.4, 0.5) is 15.9 Å². The first-order valence-corrected chi connectivity index (χ1v) is 8.65. The van der Waals surface area contributed by atoms with Crippen molar-refractivity contribution in [3.63, 3.8) is 0 Å². The fourth-order valence-corrected chi connectivity index (χ4v) is 3.42. The summed E-state index contributed by atoms with van der Waals surface area (Å²) in [4.78, 5) is 13.1. The maximum absolute atomic E-state index is 14.6. The van der Waals surface area contributed by atoms with Gasteiger partial charge in [0.25, 0.3) is 0 Å². The molecule has 0 unspecified atom stereocenters. The molecule has 4 N–H and O–H groups in total. The van der Waals surface area contributed by atoms with Crippen molar-refractivity contribution in [2.45, 2.75) is 0 Å². The first-order valence-electron chi connectivity index (χ1n) is 8.65. The van der Waals surface area contributed by atoms with Crippen LogP contribution in [0.1, 0.15) is 0 Å². The maximum Gasteiger partial charge on any atom is 0.180 e. The predicted octanol–water partition coefficient (Wildman–Crippen LogP) is 3.92. The Balaban J connectivity index is 1.88. The number of hydrogen-bond donors (Lipinski definition) is 2. The number of pyridine rings is 1. The number of fused-ring (bicyclic) bond motifs is 2. The number of nitrogen functional groups attached to an aromatic ring is 2. The van der Waals surface area contributed by atoms with Crippen molar-refractivity contribution in [3.8, 4) is 22.5 Å². The van der Waals surface area contributed by atoms with Crippen molar-refractivity contribution in [1.82, 2.24) is 19.4 Å². The van der Waals surface area contributed by atoms with E-state index < -0.39 is 0 Å². The van der Waals surface area contributed by atoms with Crippen molar-refractivity contribution in [2.75, 3.05) is 11.5 Å². The Morgan fingerprint density at radius 1 is 0.964 bits per heavy atom. The number of nitrogens with two attached hydrogens (primary N) is 2. The van der Waals surface area contributed by atoms with Crippen molar-refractivity contribution < 1.29 is 4.39 Å². The van der Waals surface area contributed by atoms with E-state index in [2.05, 4.69) is 15.0 Å². The third kappa shape index (κ3) is 2.44. The second kappa shape index (κ2) is 6.02. The fraction of sp³-hybridized carbons (Fsp3) is 0. The number of aromatic nitrogens is 4. The van der Waals surface area contributed by atoms with Crippen LogP contribution in [0.5, 0.6) is 0 Å². The van der Waals surface area contributed by atoms with E-state index in [-0.39, 0.29) is 11.6 Å². The van der Waals surface area contributed by atoms with Crippen molar-refractivity contribution >= 4 is 28.1 Å². The molecule has 5 aromatic rings. The van der Waals surface area contributed by atoms with Gasteiger partial charge in [0.1, 0.15) is 11.5 Å². The van der Waals surface area contributed by atoms with Gasteiger partial charge in [0, 0.05) is 28.9 Å². The number of halogens is 1. The minimum atomic E-state index is -0.373. The summed E-state index contributed by atoms with van der Waals surface area (Å²) in [6, 6.07) is 14.1. The Hall–Kier alpha value is -4.00. The smallest absolute Gasteiger partial charge is 0.180 e. The molecule has 0 saturated carbocycles. The van der Waals surface area contributed by atoms with Crippen LogP contribution in [-0.4, -0.2) is 19.4 Å². The zero-order chi connectivity index (χ0) is 19.3. The molecule has 0 aliphatic rings. The number of nitrogens with zero attached hydrogens (tertiary/aromatic N) is 4. The molecule has 0 atom stereocenters. The lowest BCUT2D eigenvalue weighted by molar-refractivity contribution is 0.630. The lowest BCUT2D eigenvalue weighted by Crippen LogP contribution is -2.04. The van der Waals surface area contributed by atoms with Gasteiger partial charge < -0.3 is 11.5 Å². The lowest BCUT2D eigenvalue weighted by Gasteiger charge is -2.14. The monoisotopic (exact) mass is 370 g/mol. The number of anilines is 2. The van der Waals surface area contributed by atoms with E-state index in [4.69, 9.17) is 11.5 Å². The summed E-state index contributed by atoms with van der Waals surface area (Å²) < 4.78 is 16.4. The van der Waals surface area contributed by atoms with Gasteiger partial charge in [-0.05, 0) is 30.3 Å². The largest absolute Gasteiger partial charge is 0.397 e. The van der Waals surface area contributed by atoms with Crippen LogP contribution < -0.4 is 11.5 Å². The molecule has 7 heteroatoms. The number of hydrogen-bond acceptors (Lipinski definition) is 5. The van der Waals surface area contributed by atoms with Crippen LogP contribution >= 0.6 is 0 Å². The molecule has 0 radical (unpaired) electrons. The molecule has 136 valence electrons. The first-order chi connectivity index (χ1) is 13.6. The average Bonchev–Trinajstić information content (AvgIpc) is 3.18. The van der Waals surface area contributed by atoms with E-state index in [1.54, 1.807) is 36.8 Å². The highest BCUT2D eigenvalue weighted by atomic mass is 19.1. The summed E-state index contributed by atoms with van der Waals surface area (Å²) in [6.45, 7) is 0. The standard InChI is InChI=1S/C21H15FN6/c22-16-4-2-1-3-15(16)18-19(28-8-7-25-21(28)20(24)27-18)12-5-6-17-13(9-12)10-14(23)11-26-17/h1-11H,23H2,(H2,24,27). The van der Waals surface area contributed by atoms with Gasteiger partial charge in [-0.3, -0.25) is 9.38 Å². The molecule has 2 aromatic carbocycles. The quantitative estimate of drug-likeness (QED) is 0.491. The van der Waals surface area contributed by atoms with Gasteiger partial charge in [0.15, 0.2) is 11.5 Å². The van der Waals surface area contributed by atoms with Gasteiger partial charge in [-0.15, -0.1) is 0 Å². The van der Waals surface area contributed by atoms with E-state index in [0.29, 0.717) is 28.3 Å². The fourth-order valence-electron chi connectivity index (χ4n) is 3.42. The summed E-state index contributed by atoms with van der Waals surface area (Å²) in [5.74, 6) is -0.138. The van der Waals surface area contributed by atoms with Gasteiger partial charge in [-0.25, -0.2) is 14.4 Å².